The van der Waals surface area contributed by atoms with Crippen LogP contribution in [-0.4, -0.2) is 28.0 Å². The Morgan fingerprint density at radius 2 is 1.86 bits per heavy atom. The number of pyridine rings is 1. The van der Waals surface area contributed by atoms with Crippen LogP contribution in [0.2, 0.25) is 5.02 Å². The highest BCUT2D eigenvalue weighted by atomic mass is 35.5. The van der Waals surface area contributed by atoms with Crippen molar-refractivity contribution in [3.05, 3.63) is 70.9 Å². The summed E-state index contributed by atoms with van der Waals surface area (Å²) in [7, 11) is 0. The zero-order valence-electron chi connectivity index (χ0n) is 20.9. The number of nitrogen functional groups attached to an aromatic ring is 1. The van der Waals surface area contributed by atoms with Crippen LogP contribution in [0.15, 0.2) is 54.7 Å². The van der Waals surface area contributed by atoms with Gasteiger partial charge in [0.15, 0.2) is 0 Å². The van der Waals surface area contributed by atoms with E-state index in [4.69, 9.17) is 22.1 Å². The van der Waals surface area contributed by atoms with Gasteiger partial charge in [-0.2, -0.15) is 5.26 Å². The number of amides is 1. The lowest BCUT2D eigenvalue weighted by Gasteiger charge is -2.46. The molecule has 0 spiro atoms. The van der Waals surface area contributed by atoms with Gasteiger partial charge >= 0.3 is 0 Å². The van der Waals surface area contributed by atoms with Gasteiger partial charge in [-0.05, 0) is 82.5 Å². The number of nitrogens with zero attached hydrogens (tertiary/aromatic N) is 2. The molecule has 0 unspecified atom stereocenters. The third-order valence-electron chi connectivity index (χ3n) is 6.17. The number of piperidine rings is 1. The van der Waals surface area contributed by atoms with Gasteiger partial charge in [0, 0.05) is 34.4 Å². The topological polar surface area (TPSA) is 113 Å². The van der Waals surface area contributed by atoms with Crippen LogP contribution in [0.1, 0.15) is 56.5 Å². The van der Waals surface area contributed by atoms with Crippen LogP contribution >= 0.6 is 11.6 Å². The number of nitrogens with one attached hydrogen (secondary N) is 2. The number of benzene rings is 2. The number of hydrogen-bond donors (Lipinski definition) is 3. The van der Waals surface area contributed by atoms with Crippen molar-refractivity contribution in [3.8, 4) is 28.7 Å². The zero-order valence-corrected chi connectivity index (χ0v) is 21.6. The molecule has 36 heavy (non-hydrogen) atoms. The predicted molar refractivity (Wildman–Crippen MR) is 142 cm³/mol. The summed E-state index contributed by atoms with van der Waals surface area (Å²) in [6, 6.07) is 15.9. The number of aromatic nitrogens is 1. The zero-order chi connectivity index (χ0) is 26.1. The van der Waals surface area contributed by atoms with E-state index in [0.717, 1.165) is 18.4 Å². The minimum Gasteiger partial charge on any atom is -0.454 e. The summed E-state index contributed by atoms with van der Waals surface area (Å²) in [5, 5.41) is 16.9. The van der Waals surface area contributed by atoms with Gasteiger partial charge in [-0.1, -0.05) is 23.7 Å². The standard InChI is InChI=1S/C28H30ClN5O2/c1-27(2)14-19(15-28(3,4)34-27)33-26(35)18-8-9-24(22(29)12-18)36-23-7-5-6-20(21(23)16-30)17-10-11-32-25(31)13-17/h5-13,19,34H,14-15H2,1-4H3,(H2,31,32)(H,33,35). The second-order valence-corrected chi connectivity index (χ2v) is 10.9. The average molecular weight is 504 g/mol. The first-order valence-electron chi connectivity index (χ1n) is 11.8. The van der Waals surface area contributed by atoms with E-state index in [1.54, 1.807) is 48.7 Å². The second-order valence-electron chi connectivity index (χ2n) is 10.5. The van der Waals surface area contributed by atoms with E-state index < -0.39 is 0 Å². The number of hydrogen-bond acceptors (Lipinski definition) is 6. The van der Waals surface area contributed by atoms with E-state index >= 15 is 0 Å². The van der Waals surface area contributed by atoms with Crippen LogP contribution in [0.4, 0.5) is 5.82 Å². The van der Waals surface area contributed by atoms with Crippen LogP contribution in [0.3, 0.4) is 0 Å². The summed E-state index contributed by atoms with van der Waals surface area (Å²) in [4.78, 5) is 17.0. The summed E-state index contributed by atoms with van der Waals surface area (Å²) in [6.07, 6.45) is 3.24. The molecule has 1 saturated heterocycles. The first-order valence-corrected chi connectivity index (χ1v) is 12.2. The molecular weight excluding hydrogens is 474 g/mol. The number of halogens is 1. The molecule has 0 radical (unpaired) electrons. The molecule has 1 aliphatic heterocycles. The van der Waals surface area contributed by atoms with Gasteiger partial charge in [0.1, 0.15) is 28.9 Å². The molecule has 186 valence electrons. The van der Waals surface area contributed by atoms with Crippen LogP contribution in [0, 0.1) is 11.3 Å². The quantitative estimate of drug-likeness (QED) is 0.412. The molecule has 7 nitrogen and oxygen atoms in total. The fourth-order valence-corrected chi connectivity index (χ4v) is 5.34. The van der Waals surface area contributed by atoms with Crippen molar-refractivity contribution in [2.75, 3.05) is 5.73 Å². The molecule has 1 aliphatic rings. The molecule has 2 heterocycles. The number of rotatable bonds is 5. The van der Waals surface area contributed by atoms with Crippen LogP contribution < -0.4 is 21.1 Å². The first-order chi connectivity index (χ1) is 17.0. The maximum Gasteiger partial charge on any atom is 0.251 e. The van der Waals surface area contributed by atoms with Gasteiger partial charge in [0.25, 0.3) is 5.91 Å². The molecule has 3 aromatic rings. The summed E-state index contributed by atoms with van der Waals surface area (Å²) in [6.45, 7) is 8.57. The Labute approximate surface area is 216 Å². The second kappa shape index (κ2) is 9.81. The van der Waals surface area contributed by atoms with Gasteiger partial charge in [-0.15, -0.1) is 0 Å². The largest absolute Gasteiger partial charge is 0.454 e. The maximum absolute atomic E-state index is 13.0. The minimum atomic E-state index is -0.183. The smallest absolute Gasteiger partial charge is 0.251 e. The third kappa shape index (κ3) is 5.78. The summed E-state index contributed by atoms with van der Waals surface area (Å²) >= 11 is 6.51. The highest BCUT2D eigenvalue weighted by Crippen LogP contribution is 2.36. The molecule has 0 atom stereocenters. The van der Waals surface area contributed by atoms with Crippen molar-refractivity contribution in [2.45, 2.75) is 57.7 Å². The highest BCUT2D eigenvalue weighted by molar-refractivity contribution is 6.32. The predicted octanol–water partition coefficient (Wildman–Crippen LogP) is 5.69. The van der Waals surface area contributed by atoms with E-state index in [2.05, 4.69) is 49.4 Å². The van der Waals surface area contributed by atoms with Crippen molar-refractivity contribution in [3.63, 3.8) is 0 Å². The molecular formula is C28H30ClN5O2. The number of anilines is 1. The Morgan fingerprint density at radius 3 is 2.50 bits per heavy atom. The highest BCUT2D eigenvalue weighted by Gasteiger charge is 2.38. The van der Waals surface area contributed by atoms with Gasteiger partial charge in [0.05, 0.1) is 5.02 Å². The van der Waals surface area contributed by atoms with Crippen molar-refractivity contribution >= 4 is 23.3 Å². The normalized spacial score (nSPS) is 16.7. The van der Waals surface area contributed by atoms with Gasteiger partial charge in [0.2, 0.25) is 0 Å². The van der Waals surface area contributed by atoms with Crippen LogP contribution in [-0.2, 0) is 0 Å². The Bertz CT molecular complexity index is 1330. The van der Waals surface area contributed by atoms with Gasteiger partial charge < -0.3 is 21.1 Å². The maximum atomic E-state index is 13.0. The molecule has 1 amide bonds. The fourth-order valence-electron chi connectivity index (χ4n) is 5.12. The van der Waals surface area contributed by atoms with E-state index in [9.17, 15) is 10.1 Å². The number of nitrogens with two attached hydrogens (primary N) is 1. The molecule has 1 aromatic heterocycles. The summed E-state index contributed by atoms with van der Waals surface area (Å²) in [5.41, 5.74) is 7.87. The molecule has 0 aliphatic carbocycles. The van der Waals surface area contributed by atoms with Gasteiger partial charge in [-0.25, -0.2) is 4.98 Å². The Balaban J connectivity index is 1.54. The Hall–Kier alpha value is -3.60. The van der Waals surface area contributed by atoms with E-state index in [1.807, 2.05) is 6.07 Å². The van der Waals surface area contributed by atoms with E-state index in [1.165, 1.54) is 0 Å². The molecule has 2 aromatic carbocycles. The summed E-state index contributed by atoms with van der Waals surface area (Å²) in [5.74, 6) is 0.872. The van der Waals surface area contributed by atoms with E-state index in [-0.39, 0.29) is 28.0 Å². The monoisotopic (exact) mass is 503 g/mol. The third-order valence-corrected chi connectivity index (χ3v) is 6.46. The average Bonchev–Trinajstić information content (AvgIpc) is 2.78. The van der Waals surface area contributed by atoms with Gasteiger partial charge in [-0.3, -0.25) is 4.79 Å². The molecule has 8 heteroatoms. The van der Waals surface area contributed by atoms with E-state index in [0.29, 0.717) is 34.0 Å². The molecule has 0 saturated carbocycles. The number of carbonyl (C=O) groups is 1. The lowest BCUT2D eigenvalue weighted by atomic mass is 9.79. The Kier molecular flexibility index (Phi) is 6.94. The first kappa shape index (κ1) is 25.5. The SMILES string of the molecule is CC1(C)CC(NC(=O)c2ccc(Oc3cccc(-c4ccnc(N)c4)c3C#N)c(Cl)c2)CC(C)(C)N1. The number of carbonyl (C=O) groups excluding carboxylic acids is 1. The molecule has 1 fully saturated rings. The van der Waals surface area contributed by atoms with Crippen molar-refractivity contribution in [2.24, 2.45) is 0 Å². The molecule has 4 N–H and O–H groups in total. The molecule has 4 rings (SSSR count). The van der Waals surface area contributed by atoms with Crippen LogP contribution in [0.25, 0.3) is 11.1 Å². The molecule has 0 bridgehead atoms. The number of nitriles is 1. The van der Waals surface area contributed by atoms with Crippen molar-refractivity contribution < 1.29 is 9.53 Å². The van der Waals surface area contributed by atoms with Crippen LogP contribution in [0.5, 0.6) is 11.5 Å². The lowest BCUT2D eigenvalue weighted by molar-refractivity contribution is 0.0873. The van der Waals surface area contributed by atoms with Crippen molar-refractivity contribution in [1.82, 2.24) is 15.6 Å². The summed E-state index contributed by atoms with van der Waals surface area (Å²) < 4.78 is 6.02. The number of ether oxygens (including phenoxy) is 1. The fraction of sp³-hybridized carbons (Fsp3) is 0.321. The lowest BCUT2D eigenvalue weighted by Crippen LogP contribution is -2.62. The minimum absolute atomic E-state index is 0.0431. The van der Waals surface area contributed by atoms with Crippen molar-refractivity contribution in [1.29, 1.82) is 5.26 Å². The Morgan fingerprint density at radius 1 is 1.14 bits per heavy atom.